The fraction of sp³-hybridized carbons (Fsp3) is 0.500. The Kier molecular flexibility index (Phi) is 6.90. The van der Waals surface area contributed by atoms with Crippen LogP contribution in [-0.4, -0.2) is 49.7 Å². The summed E-state index contributed by atoms with van der Waals surface area (Å²) in [7, 11) is 5.58. The summed E-state index contributed by atoms with van der Waals surface area (Å²) in [4.78, 5) is 23.5. The van der Waals surface area contributed by atoms with E-state index in [4.69, 9.17) is 4.74 Å². The van der Waals surface area contributed by atoms with Gasteiger partial charge < -0.3 is 20.3 Å². The van der Waals surface area contributed by atoms with Crippen molar-refractivity contribution in [3.63, 3.8) is 0 Å². The molecule has 1 aliphatic rings. The molecule has 0 spiro atoms. The number of hydrogen-bond acceptors (Lipinski definition) is 6. The number of carbonyl (C=O) groups is 1. The second kappa shape index (κ2) is 9.58. The number of rotatable bonds is 7. The van der Waals surface area contributed by atoms with Crippen molar-refractivity contribution in [1.29, 1.82) is 0 Å². The van der Waals surface area contributed by atoms with E-state index in [9.17, 15) is 4.79 Å². The van der Waals surface area contributed by atoms with Gasteiger partial charge in [-0.05, 0) is 62.8 Å². The summed E-state index contributed by atoms with van der Waals surface area (Å²) in [5, 5.41) is 6.56. The van der Waals surface area contributed by atoms with Gasteiger partial charge in [0.25, 0.3) is 5.91 Å². The topological polar surface area (TPSA) is 79.4 Å². The molecular weight excluding hydrogens is 366 g/mol. The van der Waals surface area contributed by atoms with E-state index in [0.717, 1.165) is 49.5 Å². The summed E-state index contributed by atoms with van der Waals surface area (Å²) in [5.41, 5.74) is 1.62. The molecule has 0 aliphatic heterocycles. The summed E-state index contributed by atoms with van der Waals surface area (Å²) in [6.45, 7) is 2.84. The van der Waals surface area contributed by atoms with E-state index in [2.05, 4.69) is 20.6 Å². The molecule has 0 saturated heterocycles. The lowest BCUT2D eigenvalue weighted by Crippen LogP contribution is -2.38. The maximum Gasteiger partial charge on any atom is 0.251 e. The normalized spacial score (nSPS) is 18.8. The molecule has 1 aromatic carbocycles. The highest BCUT2D eigenvalue weighted by Gasteiger charge is 2.23. The average molecular weight is 398 g/mol. The third-order valence-electron chi connectivity index (χ3n) is 5.38. The molecule has 1 saturated carbocycles. The molecule has 0 unspecified atom stereocenters. The Morgan fingerprint density at radius 1 is 1.14 bits per heavy atom. The molecule has 2 aromatic rings. The zero-order chi connectivity index (χ0) is 20.8. The van der Waals surface area contributed by atoms with Crippen molar-refractivity contribution >= 4 is 17.7 Å². The van der Waals surface area contributed by atoms with Crippen LogP contribution in [0, 0.1) is 12.8 Å². The first kappa shape index (κ1) is 20.9. The van der Waals surface area contributed by atoms with Gasteiger partial charge in [-0.1, -0.05) is 0 Å². The van der Waals surface area contributed by atoms with Crippen LogP contribution in [0.5, 0.6) is 5.75 Å². The van der Waals surface area contributed by atoms with Crippen molar-refractivity contribution < 1.29 is 9.53 Å². The van der Waals surface area contributed by atoms with Gasteiger partial charge in [-0.2, -0.15) is 4.98 Å². The maximum atomic E-state index is 12.4. The third-order valence-corrected chi connectivity index (χ3v) is 5.38. The van der Waals surface area contributed by atoms with E-state index in [1.54, 1.807) is 19.2 Å². The molecule has 7 heteroatoms. The van der Waals surface area contributed by atoms with Crippen LogP contribution in [0.4, 0.5) is 11.8 Å². The van der Waals surface area contributed by atoms with Gasteiger partial charge in [-0.25, -0.2) is 4.98 Å². The molecule has 1 fully saturated rings. The molecule has 0 radical (unpaired) electrons. The molecule has 1 aliphatic carbocycles. The minimum atomic E-state index is -0.0152. The fourth-order valence-corrected chi connectivity index (χ4v) is 3.62. The van der Waals surface area contributed by atoms with Gasteiger partial charge in [0, 0.05) is 44.0 Å². The molecule has 156 valence electrons. The summed E-state index contributed by atoms with van der Waals surface area (Å²) < 4.78 is 5.14. The Morgan fingerprint density at radius 2 is 1.83 bits per heavy atom. The first-order valence-corrected chi connectivity index (χ1v) is 10.2. The van der Waals surface area contributed by atoms with Gasteiger partial charge in [0.1, 0.15) is 11.6 Å². The smallest absolute Gasteiger partial charge is 0.251 e. The Balaban J connectivity index is 1.45. The zero-order valence-corrected chi connectivity index (χ0v) is 17.7. The van der Waals surface area contributed by atoms with Gasteiger partial charge >= 0.3 is 0 Å². The van der Waals surface area contributed by atoms with Crippen LogP contribution in [0.1, 0.15) is 41.7 Å². The van der Waals surface area contributed by atoms with Crippen LogP contribution < -0.4 is 20.3 Å². The number of hydrogen-bond donors (Lipinski definition) is 2. The van der Waals surface area contributed by atoms with Gasteiger partial charge in [-0.15, -0.1) is 0 Å². The molecule has 7 nitrogen and oxygen atoms in total. The van der Waals surface area contributed by atoms with Crippen molar-refractivity contribution in [2.24, 2.45) is 5.92 Å². The van der Waals surface area contributed by atoms with Crippen LogP contribution in [0.15, 0.2) is 30.3 Å². The number of aryl methyl sites for hydroxylation is 1. The molecule has 3 rings (SSSR count). The first-order valence-electron chi connectivity index (χ1n) is 10.2. The summed E-state index contributed by atoms with van der Waals surface area (Å²) in [6, 6.07) is 9.43. The number of benzene rings is 1. The van der Waals surface area contributed by atoms with Crippen LogP contribution in [0.3, 0.4) is 0 Å². The van der Waals surface area contributed by atoms with Gasteiger partial charge in [0.15, 0.2) is 0 Å². The monoisotopic (exact) mass is 397 g/mol. The van der Waals surface area contributed by atoms with E-state index in [1.165, 1.54) is 0 Å². The van der Waals surface area contributed by atoms with Crippen LogP contribution in [-0.2, 0) is 0 Å². The standard InChI is InChI=1S/C22H31N5O2/c1-15-13-20(27(2)3)26-22(24-15)23-14-16-5-9-18(10-6-16)25-21(28)17-7-11-19(29-4)12-8-17/h7-8,11-13,16,18H,5-6,9-10,14H2,1-4H3,(H,25,28)(H,23,24,26). The second-order valence-electron chi connectivity index (χ2n) is 7.89. The highest BCUT2D eigenvalue weighted by molar-refractivity contribution is 5.94. The number of carbonyl (C=O) groups excluding carboxylic acids is 1. The largest absolute Gasteiger partial charge is 0.497 e. The van der Waals surface area contributed by atoms with E-state index < -0.39 is 0 Å². The molecule has 29 heavy (non-hydrogen) atoms. The van der Waals surface area contributed by atoms with E-state index in [0.29, 0.717) is 17.4 Å². The number of nitrogens with zero attached hydrogens (tertiary/aromatic N) is 3. The molecule has 1 amide bonds. The predicted octanol–water partition coefficient (Wildman–Crippen LogP) is 3.26. The lowest BCUT2D eigenvalue weighted by atomic mass is 9.86. The van der Waals surface area contributed by atoms with Crippen molar-refractivity contribution in [2.45, 2.75) is 38.6 Å². The van der Waals surface area contributed by atoms with Crippen LogP contribution in [0.2, 0.25) is 0 Å². The second-order valence-corrected chi connectivity index (χ2v) is 7.89. The number of ether oxygens (including phenoxy) is 1. The Bertz CT molecular complexity index is 814. The zero-order valence-electron chi connectivity index (χ0n) is 17.7. The highest BCUT2D eigenvalue weighted by Crippen LogP contribution is 2.25. The third kappa shape index (κ3) is 5.82. The lowest BCUT2D eigenvalue weighted by molar-refractivity contribution is 0.0922. The van der Waals surface area contributed by atoms with E-state index in [1.807, 2.05) is 44.1 Å². The molecule has 1 heterocycles. The summed E-state index contributed by atoms with van der Waals surface area (Å²) in [6.07, 6.45) is 4.14. The highest BCUT2D eigenvalue weighted by atomic mass is 16.5. The minimum absolute atomic E-state index is 0.0152. The molecule has 1 aromatic heterocycles. The van der Waals surface area contributed by atoms with Crippen molar-refractivity contribution in [1.82, 2.24) is 15.3 Å². The number of anilines is 2. The Hall–Kier alpha value is -2.83. The maximum absolute atomic E-state index is 12.4. The van der Waals surface area contributed by atoms with Crippen molar-refractivity contribution in [2.75, 3.05) is 38.0 Å². The molecule has 0 atom stereocenters. The number of amides is 1. The Labute approximate surface area is 172 Å². The van der Waals surface area contributed by atoms with Gasteiger partial charge in [0.05, 0.1) is 7.11 Å². The quantitative estimate of drug-likeness (QED) is 0.747. The van der Waals surface area contributed by atoms with Crippen LogP contribution in [0.25, 0.3) is 0 Å². The van der Waals surface area contributed by atoms with Crippen molar-refractivity contribution in [3.8, 4) is 5.75 Å². The average Bonchev–Trinajstić information content (AvgIpc) is 2.73. The van der Waals surface area contributed by atoms with Crippen molar-refractivity contribution in [3.05, 3.63) is 41.6 Å². The predicted molar refractivity (Wildman–Crippen MR) is 116 cm³/mol. The SMILES string of the molecule is COc1ccc(C(=O)NC2CCC(CNc3nc(C)cc(N(C)C)n3)CC2)cc1. The number of nitrogens with one attached hydrogen (secondary N) is 2. The fourth-order valence-electron chi connectivity index (χ4n) is 3.62. The minimum Gasteiger partial charge on any atom is -0.497 e. The van der Waals surface area contributed by atoms with E-state index >= 15 is 0 Å². The summed E-state index contributed by atoms with van der Waals surface area (Å²) in [5.74, 6) is 2.90. The number of methoxy groups -OCH3 is 1. The lowest BCUT2D eigenvalue weighted by Gasteiger charge is -2.29. The Morgan fingerprint density at radius 3 is 2.45 bits per heavy atom. The van der Waals surface area contributed by atoms with Gasteiger partial charge in [0.2, 0.25) is 5.95 Å². The van der Waals surface area contributed by atoms with Gasteiger partial charge in [-0.3, -0.25) is 4.79 Å². The molecule has 2 N–H and O–H groups in total. The molecule has 0 bridgehead atoms. The molecular formula is C22H31N5O2. The van der Waals surface area contributed by atoms with Crippen LogP contribution >= 0.6 is 0 Å². The first-order chi connectivity index (χ1) is 13.9. The number of aromatic nitrogens is 2. The summed E-state index contributed by atoms with van der Waals surface area (Å²) >= 11 is 0. The van der Waals surface area contributed by atoms with E-state index in [-0.39, 0.29) is 11.9 Å².